The molecule has 0 fully saturated rings. The number of rotatable bonds is 5. The highest BCUT2D eigenvalue weighted by Gasteiger charge is 2.13. The molecule has 4 aromatic rings. The zero-order valence-electron chi connectivity index (χ0n) is 16.6. The fourth-order valence-electron chi connectivity index (χ4n) is 3.01. The number of fused-ring (bicyclic) bond motifs is 1. The first kappa shape index (κ1) is 19.3. The Kier molecular flexibility index (Phi) is 5.26. The Hall–Kier alpha value is -4.00. The van der Waals surface area contributed by atoms with Gasteiger partial charge in [0.15, 0.2) is 6.61 Å². The minimum atomic E-state index is -0.579. The second kappa shape index (κ2) is 8.16. The number of anilines is 1. The third-order valence-corrected chi connectivity index (χ3v) is 4.78. The van der Waals surface area contributed by atoms with Crippen molar-refractivity contribution in [3.63, 3.8) is 0 Å². The number of benzene rings is 2. The number of H-pyrrole nitrogens is 1. The summed E-state index contributed by atoms with van der Waals surface area (Å²) in [6, 6.07) is 14.4. The normalized spacial score (nSPS) is 10.7. The van der Waals surface area contributed by atoms with Gasteiger partial charge in [-0.05, 0) is 67.4 Å². The van der Waals surface area contributed by atoms with Crippen LogP contribution < -0.4 is 5.32 Å². The Morgan fingerprint density at radius 2 is 1.93 bits per heavy atom. The van der Waals surface area contributed by atoms with Crippen LogP contribution in [0.5, 0.6) is 0 Å². The number of pyridine rings is 1. The minimum Gasteiger partial charge on any atom is -0.452 e. The lowest BCUT2D eigenvalue weighted by Gasteiger charge is -2.08. The van der Waals surface area contributed by atoms with Gasteiger partial charge in [0, 0.05) is 23.6 Å². The van der Waals surface area contributed by atoms with Crippen LogP contribution in [0.25, 0.3) is 22.4 Å². The summed E-state index contributed by atoms with van der Waals surface area (Å²) in [5.41, 5.74) is 5.48. The third-order valence-electron chi connectivity index (χ3n) is 4.78. The number of hydrogen-bond acceptors (Lipinski definition) is 5. The van der Waals surface area contributed by atoms with Crippen LogP contribution in [0.2, 0.25) is 0 Å². The van der Waals surface area contributed by atoms with Gasteiger partial charge in [0.1, 0.15) is 5.82 Å². The molecule has 0 atom stereocenters. The van der Waals surface area contributed by atoms with Gasteiger partial charge in [-0.1, -0.05) is 6.07 Å². The number of aromatic nitrogens is 3. The van der Waals surface area contributed by atoms with Gasteiger partial charge in [-0.25, -0.2) is 9.78 Å². The van der Waals surface area contributed by atoms with Gasteiger partial charge in [0.05, 0.1) is 16.6 Å². The molecule has 0 aliphatic rings. The monoisotopic (exact) mass is 400 g/mol. The van der Waals surface area contributed by atoms with Gasteiger partial charge in [0.2, 0.25) is 0 Å². The topological polar surface area (TPSA) is 97.0 Å². The van der Waals surface area contributed by atoms with Crippen molar-refractivity contribution in [1.29, 1.82) is 0 Å². The quantitative estimate of drug-likeness (QED) is 0.493. The van der Waals surface area contributed by atoms with E-state index in [1.807, 2.05) is 44.2 Å². The lowest BCUT2D eigenvalue weighted by molar-refractivity contribution is -0.119. The van der Waals surface area contributed by atoms with E-state index in [1.165, 1.54) is 0 Å². The first-order chi connectivity index (χ1) is 14.5. The smallest absolute Gasteiger partial charge is 0.338 e. The van der Waals surface area contributed by atoms with Gasteiger partial charge in [-0.3, -0.25) is 9.78 Å². The number of carbonyl (C=O) groups is 2. The Balaban J connectivity index is 1.41. The van der Waals surface area contributed by atoms with Gasteiger partial charge in [-0.2, -0.15) is 0 Å². The van der Waals surface area contributed by atoms with E-state index in [9.17, 15) is 9.59 Å². The van der Waals surface area contributed by atoms with E-state index in [1.54, 1.807) is 30.6 Å². The largest absolute Gasteiger partial charge is 0.452 e. The van der Waals surface area contributed by atoms with Crippen LogP contribution in [0.4, 0.5) is 5.69 Å². The molecule has 0 unspecified atom stereocenters. The highest BCUT2D eigenvalue weighted by atomic mass is 16.5. The predicted molar refractivity (Wildman–Crippen MR) is 114 cm³/mol. The number of aryl methyl sites for hydroxylation is 2. The summed E-state index contributed by atoms with van der Waals surface area (Å²) in [5.74, 6) is -0.311. The van der Waals surface area contributed by atoms with Gasteiger partial charge in [-0.15, -0.1) is 0 Å². The SMILES string of the molecule is Cc1ccc(NC(=O)COC(=O)c2ccc3nc(-c4cccnc4)[nH]c3c2)cc1C. The highest BCUT2D eigenvalue weighted by molar-refractivity contribution is 5.97. The molecular formula is C23H20N4O3. The molecule has 0 saturated carbocycles. The third kappa shape index (κ3) is 4.20. The van der Waals surface area contributed by atoms with Crippen molar-refractivity contribution in [3.05, 3.63) is 77.6 Å². The van der Waals surface area contributed by atoms with Crippen LogP contribution >= 0.6 is 0 Å². The summed E-state index contributed by atoms with van der Waals surface area (Å²) < 4.78 is 5.16. The molecule has 0 saturated heterocycles. The second-order valence-corrected chi connectivity index (χ2v) is 6.98. The van der Waals surface area contributed by atoms with E-state index < -0.39 is 11.9 Å². The minimum absolute atomic E-state index is 0.336. The molecule has 30 heavy (non-hydrogen) atoms. The fraction of sp³-hybridized carbons (Fsp3) is 0.130. The van der Waals surface area contributed by atoms with Gasteiger partial charge >= 0.3 is 5.97 Å². The Morgan fingerprint density at radius 1 is 1.07 bits per heavy atom. The Morgan fingerprint density at radius 3 is 2.70 bits per heavy atom. The molecule has 1 amide bonds. The number of amides is 1. The summed E-state index contributed by atoms with van der Waals surface area (Å²) in [7, 11) is 0. The van der Waals surface area contributed by atoms with Crippen LogP contribution in [0.15, 0.2) is 60.9 Å². The van der Waals surface area contributed by atoms with Crippen LogP contribution in [0.1, 0.15) is 21.5 Å². The number of carbonyl (C=O) groups excluding carboxylic acids is 2. The first-order valence-corrected chi connectivity index (χ1v) is 9.44. The number of aromatic amines is 1. The molecule has 0 radical (unpaired) electrons. The average Bonchev–Trinajstić information content (AvgIpc) is 3.19. The van der Waals surface area contributed by atoms with E-state index in [2.05, 4.69) is 20.3 Å². The molecule has 2 heterocycles. The molecule has 4 rings (SSSR count). The van der Waals surface area contributed by atoms with E-state index >= 15 is 0 Å². The van der Waals surface area contributed by atoms with Crippen LogP contribution in [0, 0.1) is 13.8 Å². The van der Waals surface area contributed by atoms with E-state index in [0.29, 0.717) is 22.6 Å². The molecule has 7 heteroatoms. The molecule has 0 aliphatic heterocycles. The Labute approximate surface area is 173 Å². The number of nitrogens with one attached hydrogen (secondary N) is 2. The fourth-order valence-corrected chi connectivity index (χ4v) is 3.01. The van der Waals surface area contributed by atoms with Gasteiger partial charge in [0.25, 0.3) is 5.91 Å². The molecular weight excluding hydrogens is 380 g/mol. The number of hydrogen-bond donors (Lipinski definition) is 2. The molecule has 0 bridgehead atoms. The first-order valence-electron chi connectivity index (χ1n) is 9.44. The summed E-state index contributed by atoms with van der Waals surface area (Å²) in [6.45, 7) is 3.60. The van der Waals surface area contributed by atoms with E-state index in [-0.39, 0.29) is 6.61 Å². The van der Waals surface area contributed by atoms with Crippen LogP contribution in [0.3, 0.4) is 0 Å². The van der Waals surface area contributed by atoms with E-state index in [4.69, 9.17) is 4.74 Å². The lowest BCUT2D eigenvalue weighted by atomic mass is 10.1. The molecule has 2 aromatic heterocycles. The van der Waals surface area contributed by atoms with Crippen LogP contribution in [-0.4, -0.2) is 33.4 Å². The standard InChI is InChI=1S/C23H20N4O3/c1-14-5-7-18(10-15(14)2)25-21(28)13-30-23(29)16-6-8-19-20(11-16)27-22(26-19)17-4-3-9-24-12-17/h3-12H,13H2,1-2H3,(H,25,28)(H,26,27). The van der Waals surface area contributed by atoms with Crippen molar-refractivity contribution < 1.29 is 14.3 Å². The molecule has 2 N–H and O–H groups in total. The average molecular weight is 400 g/mol. The van der Waals surface area contributed by atoms with Gasteiger partial charge < -0.3 is 15.0 Å². The zero-order valence-corrected chi connectivity index (χ0v) is 16.6. The number of esters is 1. The number of nitrogens with zero attached hydrogens (tertiary/aromatic N) is 2. The predicted octanol–water partition coefficient (Wildman–Crippen LogP) is 4.04. The summed E-state index contributed by atoms with van der Waals surface area (Å²) in [6.07, 6.45) is 3.40. The summed E-state index contributed by atoms with van der Waals surface area (Å²) in [5, 5.41) is 2.73. The van der Waals surface area contributed by atoms with Crippen molar-refractivity contribution in [2.24, 2.45) is 0 Å². The van der Waals surface area contributed by atoms with Crippen molar-refractivity contribution in [1.82, 2.24) is 15.0 Å². The zero-order chi connectivity index (χ0) is 21.1. The van der Waals surface area contributed by atoms with Crippen molar-refractivity contribution >= 4 is 28.6 Å². The van der Waals surface area contributed by atoms with E-state index in [0.717, 1.165) is 22.2 Å². The number of ether oxygens (including phenoxy) is 1. The van der Waals surface area contributed by atoms with Crippen molar-refractivity contribution in [2.75, 3.05) is 11.9 Å². The Bertz CT molecular complexity index is 1230. The summed E-state index contributed by atoms with van der Waals surface area (Å²) in [4.78, 5) is 36.2. The van der Waals surface area contributed by atoms with Crippen molar-refractivity contribution in [2.45, 2.75) is 13.8 Å². The molecule has 2 aromatic carbocycles. The second-order valence-electron chi connectivity index (χ2n) is 6.98. The van der Waals surface area contributed by atoms with Crippen molar-refractivity contribution in [3.8, 4) is 11.4 Å². The number of imidazole rings is 1. The maximum Gasteiger partial charge on any atom is 0.338 e. The molecule has 0 aliphatic carbocycles. The van der Waals surface area contributed by atoms with Crippen LogP contribution in [-0.2, 0) is 9.53 Å². The molecule has 0 spiro atoms. The molecule has 7 nitrogen and oxygen atoms in total. The maximum absolute atomic E-state index is 12.4. The maximum atomic E-state index is 12.4. The molecule has 150 valence electrons. The summed E-state index contributed by atoms with van der Waals surface area (Å²) >= 11 is 0. The lowest BCUT2D eigenvalue weighted by Crippen LogP contribution is -2.21. The highest BCUT2D eigenvalue weighted by Crippen LogP contribution is 2.21.